The number of carboxylic acids is 1. The summed E-state index contributed by atoms with van der Waals surface area (Å²) in [4.78, 5) is 11.6. The third kappa shape index (κ3) is 4.15. The quantitative estimate of drug-likeness (QED) is 0.712. The van der Waals surface area contributed by atoms with Gasteiger partial charge in [0.1, 0.15) is 0 Å². The van der Waals surface area contributed by atoms with Crippen LogP contribution in [0, 0.1) is 18.8 Å². The lowest BCUT2D eigenvalue weighted by Gasteiger charge is -2.18. The van der Waals surface area contributed by atoms with Crippen LogP contribution < -0.4 is 0 Å². The Hall–Kier alpha value is -1.88. The van der Waals surface area contributed by atoms with Gasteiger partial charge < -0.3 is 9.84 Å². The highest BCUT2D eigenvalue weighted by Gasteiger charge is 2.24. The molecule has 0 bridgehead atoms. The Balaban J connectivity index is 2.28. The van der Waals surface area contributed by atoms with Gasteiger partial charge in [-0.15, -0.1) is 0 Å². The number of ether oxygens (including phenoxy) is 1. The van der Waals surface area contributed by atoms with Crippen molar-refractivity contribution in [2.24, 2.45) is 11.8 Å². The maximum atomic E-state index is 11.6. The third-order valence-electron chi connectivity index (χ3n) is 4.82. The summed E-state index contributed by atoms with van der Waals surface area (Å²) in [5.41, 5.74) is 3.14. The van der Waals surface area contributed by atoms with Crippen molar-refractivity contribution in [2.45, 2.75) is 46.6 Å². The molecule has 1 aromatic carbocycles. The SMILES string of the molecule is CCC(C)[C@@H](Cc1ccc2c(C)nn(CCCOC)c2c1)C(=O)O. The van der Waals surface area contributed by atoms with E-state index >= 15 is 0 Å². The van der Waals surface area contributed by atoms with E-state index in [1.165, 1.54) is 0 Å². The van der Waals surface area contributed by atoms with Crippen LogP contribution in [-0.2, 0) is 22.5 Å². The number of rotatable bonds is 9. The Kier molecular flexibility index (Phi) is 6.37. The molecular formula is C19H28N2O3. The van der Waals surface area contributed by atoms with Gasteiger partial charge in [-0.05, 0) is 37.3 Å². The second-order valence-electron chi connectivity index (χ2n) is 6.54. The third-order valence-corrected chi connectivity index (χ3v) is 4.82. The molecule has 2 atom stereocenters. The number of benzene rings is 1. The molecule has 1 N–H and O–H groups in total. The van der Waals surface area contributed by atoms with E-state index in [4.69, 9.17) is 4.74 Å². The summed E-state index contributed by atoms with van der Waals surface area (Å²) in [5.74, 6) is -0.904. The van der Waals surface area contributed by atoms with Crippen molar-refractivity contribution in [3.63, 3.8) is 0 Å². The van der Waals surface area contributed by atoms with Crippen molar-refractivity contribution in [1.82, 2.24) is 9.78 Å². The molecule has 0 saturated heterocycles. The number of aliphatic carboxylic acids is 1. The van der Waals surface area contributed by atoms with Crippen LogP contribution >= 0.6 is 0 Å². The molecule has 5 heteroatoms. The number of hydrogen-bond acceptors (Lipinski definition) is 3. The summed E-state index contributed by atoms with van der Waals surface area (Å²) in [7, 11) is 1.70. The van der Waals surface area contributed by atoms with Crippen molar-refractivity contribution < 1.29 is 14.6 Å². The van der Waals surface area contributed by atoms with Crippen molar-refractivity contribution in [2.75, 3.05) is 13.7 Å². The van der Waals surface area contributed by atoms with Crippen LogP contribution in [0.5, 0.6) is 0 Å². The first-order valence-electron chi connectivity index (χ1n) is 8.65. The standard InChI is InChI=1S/C19H28N2O3/c1-5-13(2)17(19(22)23)11-15-7-8-16-14(3)20-21(18(16)12-15)9-6-10-24-4/h7-8,12-13,17H,5-6,9-11H2,1-4H3,(H,22,23)/t13?,17-/m1/s1. The smallest absolute Gasteiger partial charge is 0.307 e. The molecule has 24 heavy (non-hydrogen) atoms. The Morgan fingerprint density at radius 3 is 2.79 bits per heavy atom. The van der Waals surface area contributed by atoms with Crippen LogP contribution in [0.4, 0.5) is 0 Å². The predicted octanol–water partition coefficient (Wildman–Crippen LogP) is 3.67. The molecule has 1 heterocycles. The molecule has 0 radical (unpaired) electrons. The molecule has 0 saturated carbocycles. The second kappa shape index (κ2) is 8.29. The van der Waals surface area contributed by atoms with Crippen LogP contribution in [0.15, 0.2) is 18.2 Å². The fourth-order valence-corrected chi connectivity index (χ4v) is 3.11. The van der Waals surface area contributed by atoms with Gasteiger partial charge in [0.05, 0.1) is 17.1 Å². The first kappa shape index (κ1) is 18.5. The highest BCUT2D eigenvalue weighted by molar-refractivity contribution is 5.82. The summed E-state index contributed by atoms with van der Waals surface area (Å²) in [6.45, 7) is 7.56. The summed E-state index contributed by atoms with van der Waals surface area (Å²) >= 11 is 0. The lowest BCUT2D eigenvalue weighted by molar-refractivity contribution is -0.143. The number of carboxylic acid groups (broad SMARTS) is 1. The molecular weight excluding hydrogens is 304 g/mol. The van der Waals surface area contributed by atoms with Crippen molar-refractivity contribution in [3.05, 3.63) is 29.5 Å². The predicted molar refractivity (Wildman–Crippen MR) is 95.2 cm³/mol. The molecule has 0 fully saturated rings. The number of nitrogens with zero attached hydrogens (tertiary/aromatic N) is 2. The molecule has 0 aliphatic rings. The zero-order chi connectivity index (χ0) is 17.7. The van der Waals surface area contributed by atoms with E-state index < -0.39 is 5.97 Å². The number of methoxy groups -OCH3 is 1. The normalized spacial score (nSPS) is 14.0. The number of fused-ring (bicyclic) bond motifs is 1. The lowest BCUT2D eigenvalue weighted by Crippen LogP contribution is -2.23. The molecule has 0 aliphatic heterocycles. The topological polar surface area (TPSA) is 64.4 Å². The van der Waals surface area contributed by atoms with E-state index in [9.17, 15) is 9.90 Å². The van der Waals surface area contributed by atoms with E-state index in [-0.39, 0.29) is 11.8 Å². The van der Waals surface area contributed by atoms with Crippen molar-refractivity contribution in [3.8, 4) is 0 Å². The summed E-state index contributed by atoms with van der Waals surface area (Å²) in [5, 5.41) is 15.3. The van der Waals surface area contributed by atoms with Gasteiger partial charge in [-0.1, -0.05) is 32.4 Å². The van der Waals surface area contributed by atoms with Gasteiger partial charge in [-0.25, -0.2) is 0 Å². The van der Waals surface area contributed by atoms with Gasteiger partial charge in [-0.2, -0.15) is 5.10 Å². The van der Waals surface area contributed by atoms with Gasteiger partial charge >= 0.3 is 5.97 Å². The van der Waals surface area contributed by atoms with Crippen LogP contribution in [0.2, 0.25) is 0 Å². The molecule has 2 aromatic rings. The van der Waals surface area contributed by atoms with Gasteiger partial charge in [0.15, 0.2) is 0 Å². The zero-order valence-corrected chi connectivity index (χ0v) is 15.1. The first-order valence-corrected chi connectivity index (χ1v) is 8.65. The Bertz CT molecular complexity index is 693. The maximum absolute atomic E-state index is 11.6. The van der Waals surface area contributed by atoms with Gasteiger partial charge in [0.2, 0.25) is 0 Å². The Morgan fingerprint density at radius 2 is 2.17 bits per heavy atom. The first-order chi connectivity index (χ1) is 11.5. The minimum atomic E-state index is -0.714. The Morgan fingerprint density at radius 1 is 1.42 bits per heavy atom. The number of hydrogen-bond donors (Lipinski definition) is 1. The van der Waals surface area contributed by atoms with Crippen LogP contribution in [0.3, 0.4) is 0 Å². The van der Waals surface area contributed by atoms with Crippen LogP contribution in [-0.4, -0.2) is 34.6 Å². The summed E-state index contributed by atoms with van der Waals surface area (Å²) in [6, 6.07) is 6.20. The van der Waals surface area contributed by atoms with Gasteiger partial charge in [0, 0.05) is 25.6 Å². The van der Waals surface area contributed by atoms with E-state index in [2.05, 4.69) is 17.2 Å². The molecule has 0 spiro atoms. The molecule has 0 aliphatic carbocycles. The largest absolute Gasteiger partial charge is 0.481 e. The second-order valence-corrected chi connectivity index (χ2v) is 6.54. The lowest BCUT2D eigenvalue weighted by atomic mass is 9.86. The average Bonchev–Trinajstić information content (AvgIpc) is 2.87. The van der Waals surface area contributed by atoms with E-state index in [1.807, 2.05) is 31.5 Å². The number of aromatic nitrogens is 2. The number of aryl methyl sites for hydroxylation is 2. The van der Waals surface area contributed by atoms with Crippen LogP contribution in [0.1, 0.15) is 37.9 Å². The fourth-order valence-electron chi connectivity index (χ4n) is 3.11. The van der Waals surface area contributed by atoms with E-state index in [1.54, 1.807) is 7.11 Å². The molecule has 1 unspecified atom stereocenters. The van der Waals surface area contributed by atoms with E-state index in [0.29, 0.717) is 13.0 Å². The van der Waals surface area contributed by atoms with Crippen molar-refractivity contribution in [1.29, 1.82) is 0 Å². The maximum Gasteiger partial charge on any atom is 0.307 e. The van der Waals surface area contributed by atoms with Gasteiger partial charge in [-0.3, -0.25) is 9.48 Å². The highest BCUT2D eigenvalue weighted by atomic mass is 16.5. The van der Waals surface area contributed by atoms with Crippen LogP contribution in [0.25, 0.3) is 10.9 Å². The highest BCUT2D eigenvalue weighted by Crippen LogP contribution is 2.25. The monoisotopic (exact) mass is 332 g/mol. The molecule has 2 rings (SSSR count). The zero-order valence-electron chi connectivity index (χ0n) is 15.1. The fraction of sp³-hybridized carbons (Fsp3) is 0.579. The number of carbonyl (C=O) groups is 1. The Labute approximate surface area is 143 Å². The average molecular weight is 332 g/mol. The molecule has 132 valence electrons. The minimum Gasteiger partial charge on any atom is -0.481 e. The van der Waals surface area contributed by atoms with E-state index in [0.717, 1.165) is 41.5 Å². The molecule has 1 aromatic heterocycles. The van der Waals surface area contributed by atoms with Crippen molar-refractivity contribution >= 4 is 16.9 Å². The summed E-state index contributed by atoms with van der Waals surface area (Å²) < 4.78 is 7.12. The molecule has 0 amide bonds. The minimum absolute atomic E-state index is 0.159. The summed E-state index contributed by atoms with van der Waals surface area (Å²) in [6.07, 6.45) is 2.33. The van der Waals surface area contributed by atoms with Gasteiger partial charge in [0.25, 0.3) is 0 Å². The molecule has 5 nitrogen and oxygen atoms in total.